The molecule has 2 atom stereocenters. The number of amides is 5. The van der Waals surface area contributed by atoms with Gasteiger partial charge in [0.1, 0.15) is 6.54 Å². The highest BCUT2D eigenvalue weighted by Gasteiger charge is 2.58. The fourth-order valence-corrected chi connectivity index (χ4v) is 5.99. The number of aryl methyl sites for hydroxylation is 2. The summed E-state index contributed by atoms with van der Waals surface area (Å²) in [6.45, 7) is 0.110. The van der Waals surface area contributed by atoms with Crippen molar-refractivity contribution >= 4 is 29.6 Å². The molecular weight excluding hydrogens is 474 g/mol. The number of rotatable bonds is 4. The molecule has 4 aliphatic rings. The predicted octanol–water partition coefficient (Wildman–Crippen LogP) is 2.71. The summed E-state index contributed by atoms with van der Waals surface area (Å²) in [5.74, 6) is -0.288. The number of imide groups is 1. The van der Waals surface area contributed by atoms with Gasteiger partial charge in [0.05, 0.1) is 0 Å². The molecule has 10 heteroatoms. The van der Waals surface area contributed by atoms with Gasteiger partial charge in [-0.3, -0.25) is 14.6 Å². The molecule has 1 saturated heterocycles. The SMILES string of the molecule is CNC(=O)Nc1ccc2c(c1)CC[C@]21OC(=O)N(CC(=O)N2Cc3ccncc3CC[C@H]2C2CC2)C1=O. The van der Waals surface area contributed by atoms with Gasteiger partial charge in [0.15, 0.2) is 0 Å². The van der Waals surface area contributed by atoms with Crippen LogP contribution in [-0.4, -0.2) is 58.4 Å². The lowest BCUT2D eigenvalue weighted by molar-refractivity contribution is -0.143. The van der Waals surface area contributed by atoms with Gasteiger partial charge >= 0.3 is 12.1 Å². The van der Waals surface area contributed by atoms with E-state index in [1.807, 2.05) is 17.2 Å². The van der Waals surface area contributed by atoms with Gasteiger partial charge < -0.3 is 20.3 Å². The number of benzene rings is 1. The van der Waals surface area contributed by atoms with Crippen LogP contribution in [0.1, 0.15) is 47.9 Å². The number of hydrogen-bond donors (Lipinski definition) is 2. The topological polar surface area (TPSA) is 121 Å². The molecule has 0 radical (unpaired) electrons. The first-order valence-electron chi connectivity index (χ1n) is 12.8. The summed E-state index contributed by atoms with van der Waals surface area (Å²) in [6, 6.07) is 6.86. The number of urea groups is 1. The Labute approximate surface area is 214 Å². The number of fused-ring (bicyclic) bond motifs is 3. The number of anilines is 1. The first kappa shape index (κ1) is 23.4. The molecule has 2 N–H and O–H groups in total. The van der Waals surface area contributed by atoms with Crippen LogP contribution in [0.3, 0.4) is 0 Å². The maximum Gasteiger partial charge on any atom is 0.418 e. The third kappa shape index (κ3) is 4.00. The normalized spacial score (nSPS) is 24.4. The summed E-state index contributed by atoms with van der Waals surface area (Å²) in [5, 5.41) is 5.21. The third-order valence-electron chi connectivity index (χ3n) is 8.08. The summed E-state index contributed by atoms with van der Waals surface area (Å²) in [7, 11) is 1.53. The molecule has 2 aromatic rings. The van der Waals surface area contributed by atoms with Crippen molar-refractivity contribution in [1.29, 1.82) is 0 Å². The first-order chi connectivity index (χ1) is 17.9. The smallest absolute Gasteiger partial charge is 0.418 e. The second kappa shape index (κ2) is 8.86. The van der Waals surface area contributed by atoms with Crippen molar-refractivity contribution in [1.82, 2.24) is 20.1 Å². The Morgan fingerprint density at radius 3 is 2.73 bits per heavy atom. The van der Waals surface area contributed by atoms with Gasteiger partial charge in [-0.2, -0.15) is 0 Å². The maximum atomic E-state index is 13.6. The van der Waals surface area contributed by atoms with Crippen molar-refractivity contribution < 1.29 is 23.9 Å². The van der Waals surface area contributed by atoms with Crippen LogP contribution in [0.25, 0.3) is 0 Å². The number of hydrogen-bond acceptors (Lipinski definition) is 6. The largest absolute Gasteiger partial charge is 0.427 e. The Balaban J connectivity index is 1.23. The van der Waals surface area contributed by atoms with Crippen LogP contribution in [0.5, 0.6) is 0 Å². The van der Waals surface area contributed by atoms with Crippen LogP contribution in [0.15, 0.2) is 36.7 Å². The van der Waals surface area contributed by atoms with Crippen molar-refractivity contribution in [2.45, 2.75) is 56.7 Å². The molecule has 3 heterocycles. The fourth-order valence-electron chi connectivity index (χ4n) is 5.99. The van der Waals surface area contributed by atoms with Crippen molar-refractivity contribution in [2.75, 3.05) is 18.9 Å². The number of carbonyl (C=O) groups excluding carboxylic acids is 4. The first-order valence-corrected chi connectivity index (χ1v) is 12.8. The fraction of sp³-hybridized carbons (Fsp3) is 0.444. The molecular formula is C27H29N5O5. The lowest BCUT2D eigenvalue weighted by Gasteiger charge is -2.31. The molecule has 37 heavy (non-hydrogen) atoms. The molecule has 192 valence electrons. The summed E-state index contributed by atoms with van der Waals surface area (Å²) in [6.07, 6.45) is 7.50. The number of nitrogens with zero attached hydrogens (tertiary/aromatic N) is 3. The Hall–Kier alpha value is -3.95. The molecule has 1 spiro atoms. The summed E-state index contributed by atoms with van der Waals surface area (Å²) in [5.41, 5.74) is 2.80. The van der Waals surface area contributed by atoms with Crippen LogP contribution in [0, 0.1) is 5.92 Å². The van der Waals surface area contributed by atoms with Gasteiger partial charge in [-0.25, -0.2) is 14.5 Å². The zero-order chi connectivity index (χ0) is 25.7. The van der Waals surface area contributed by atoms with E-state index < -0.39 is 17.6 Å². The maximum absolute atomic E-state index is 13.6. The summed E-state index contributed by atoms with van der Waals surface area (Å²) >= 11 is 0. The van der Waals surface area contributed by atoms with Crippen LogP contribution in [0.2, 0.25) is 0 Å². The van der Waals surface area contributed by atoms with Gasteiger partial charge in [0, 0.05) is 49.7 Å². The number of aromatic nitrogens is 1. The van der Waals surface area contributed by atoms with E-state index in [1.165, 1.54) is 7.05 Å². The highest BCUT2D eigenvalue weighted by molar-refractivity contribution is 6.06. The molecule has 2 aliphatic carbocycles. The molecule has 2 aliphatic heterocycles. The number of carbonyl (C=O) groups is 4. The number of ether oxygens (including phenoxy) is 1. The zero-order valence-electron chi connectivity index (χ0n) is 20.7. The molecule has 1 saturated carbocycles. The van der Waals surface area contributed by atoms with E-state index in [1.54, 1.807) is 24.4 Å². The minimum atomic E-state index is -1.43. The monoisotopic (exact) mass is 503 g/mol. The van der Waals surface area contributed by atoms with Crippen molar-refractivity contribution in [3.63, 3.8) is 0 Å². The van der Waals surface area contributed by atoms with E-state index in [-0.39, 0.29) is 24.5 Å². The van der Waals surface area contributed by atoms with Crippen LogP contribution in [0.4, 0.5) is 15.3 Å². The third-order valence-corrected chi connectivity index (χ3v) is 8.08. The van der Waals surface area contributed by atoms with Crippen LogP contribution < -0.4 is 10.6 Å². The van der Waals surface area contributed by atoms with E-state index in [2.05, 4.69) is 15.6 Å². The Bertz CT molecular complexity index is 1310. The predicted molar refractivity (Wildman–Crippen MR) is 132 cm³/mol. The van der Waals surface area contributed by atoms with Crippen molar-refractivity contribution in [2.24, 2.45) is 5.92 Å². The Morgan fingerprint density at radius 1 is 1.11 bits per heavy atom. The second-order valence-electron chi connectivity index (χ2n) is 10.3. The molecule has 10 nitrogen and oxygen atoms in total. The van der Waals surface area contributed by atoms with E-state index in [4.69, 9.17) is 4.74 Å². The minimum Gasteiger partial charge on any atom is -0.427 e. The Morgan fingerprint density at radius 2 is 1.95 bits per heavy atom. The lowest BCUT2D eigenvalue weighted by atomic mass is 9.94. The molecule has 0 unspecified atom stereocenters. The quantitative estimate of drug-likeness (QED) is 0.662. The van der Waals surface area contributed by atoms with E-state index in [0.717, 1.165) is 47.3 Å². The van der Waals surface area contributed by atoms with Gasteiger partial charge in [-0.15, -0.1) is 0 Å². The van der Waals surface area contributed by atoms with Gasteiger partial charge in [-0.1, -0.05) is 6.07 Å². The summed E-state index contributed by atoms with van der Waals surface area (Å²) < 4.78 is 5.72. The Kier molecular flexibility index (Phi) is 5.62. The van der Waals surface area contributed by atoms with Crippen LogP contribution >= 0.6 is 0 Å². The lowest BCUT2D eigenvalue weighted by Crippen LogP contribution is -2.48. The molecule has 1 aromatic heterocycles. The average molecular weight is 504 g/mol. The van der Waals surface area contributed by atoms with Gasteiger partial charge in [0.2, 0.25) is 11.5 Å². The molecule has 2 fully saturated rings. The highest BCUT2D eigenvalue weighted by atomic mass is 16.6. The molecule has 1 aromatic carbocycles. The average Bonchev–Trinajstić information content (AvgIpc) is 3.66. The number of pyridine rings is 1. The van der Waals surface area contributed by atoms with Crippen LogP contribution in [-0.2, 0) is 39.3 Å². The standard InChI is InChI=1S/C27H29N5O5/c1-28-25(35)30-20-5-6-21-17(12-20)8-10-27(21)24(34)32(26(36)37-27)15-23(33)31-14-19-9-11-29-13-18(19)4-7-22(31)16-2-3-16/h5-6,9,11-13,16,22H,2-4,7-8,10,14-15H2,1H3,(H2,28,30,35)/t22-,27-/m0/s1. The van der Waals surface area contributed by atoms with E-state index in [9.17, 15) is 19.2 Å². The van der Waals surface area contributed by atoms with E-state index in [0.29, 0.717) is 36.6 Å². The highest BCUT2D eigenvalue weighted by Crippen LogP contribution is 2.46. The zero-order valence-corrected chi connectivity index (χ0v) is 20.7. The molecule has 0 bridgehead atoms. The van der Waals surface area contributed by atoms with E-state index >= 15 is 0 Å². The number of nitrogens with one attached hydrogen (secondary N) is 2. The minimum absolute atomic E-state index is 0.0843. The molecule has 5 amide bonds. The molecule has 6 rings (SSSR count). The van der Waals surface area contributed by atoms with Gasteiger partial charge in [0.25, 0.3) is 5.91 Å². The van der Waals surface area contributed by atoms with Crippen molar-refractivity contribution in [3.05, 3.63) is 58.9 Å². The van der Waals surface area contributed by atoms with Gasteiger partial charge in [-0.05, 0) is 72.9 Å². The second-order valence-corrected chi connectivity index (χ2v) is 10.3. The van der Waals surface area contributed by atoms with Crippen molar-refractivity contribution in [3.8, 4) is 0 Å². The summed E-state index contributed by atoms with van der Waals surface area (Å²) in [4.78, 5) is 59.0.